The molecule has 0 spiro atoms. The number of nitrogens with zero attached hydrogens (tertiary/aromatic N) is 4. The Morgan fingerprint density at radius 2 is 1.92 bits per heavy atom. The first-order valence-electron chi connectivity index (χ1n) is 11.7. The van der Waals surface area contributed by atoms with Crippen molar-refractivity contribution in [1.82, 2.24) is 24.6 Å². The molecule has 0 aliphatic heterocycles. The summed E-state index contributed by atoms with van der Waals surface area (Å²) in [5.41, 5.74) is 0.453. The zero-order chi connectivity index (χ0) is 27.9. The van der Waals surface area contributed by atoms with Crippen LogP contribution in [0.25, 0.3) is 11.2 Å². The van der Waals surface area contributed by atoms with E-state index in [1.165, 1.54) is 23.0 Å². The fourth-order valence-electron chi connectivity index (χ4n) is 3.50. The number of rotatable bonds is 14. The van der Waals surface area contributed by atoms with E-state index in [-0.39, 0.29) is 23.6 Å². The largest absolute Gasteiger partial charge is 0.462 e. The Labute approximate surface area is 218 Å². The van der Waals surface area contributed by atoms with Crippen molar-refractivity contribution < 1.29 is 36.7 Å². The maximum absolute atomic E-state index is 15.8. The van der Waals surface area contributed by atoms with Gasteiger partial charge in [-0.05, 0) is 32.9 Å². The fourth-order valence-corrected chi connectivity index (χ4v) is 4.79. The number of anilines is 1. The number of aromatic nitrogens is 4. The second-order valence-corrected chi connectivity index (χ2v) is 10.4. The number of para-hydroxylation sites is 1. The van der Waals surface area contributed by atoms with Crippen LogP contribution in [0.4, 0.5) is 14.6 Å². The minimum absolute atomic E-state index is 0.150. The van der Waals surface area contributed by atoms with Crippen molar-refractivity contribution in [3.05, 3.63) is 42.7 Å². The molecule has 2 heterocycles. The maximum Gasteiger partial charge on any atom is 0.459 e. The van der Waals surface area contributed by atoms with Crippen molar-refractivity contribution >= 4 is 30.7 Å². The zero-order valence-corrected chi connectivity index (χ0v) is 22.6. The van der Waals surface area contributed by atoms with Gasteiger partial charge in [0.05, 0.1) is 12.4 Å². The summed E-state index contributed by atoms with van der Waals surface area (Å²) in [6.07, 6.45) is -0.309. The van der Waals surface area contributed by atoms with Crippen LogP contribution in [-0.4, -0.2) is 64.8 Å². The number of hydrogen-bond acceptors (Lipinski definition) is 10. The number of halogens is 2. The van der Waals surface area contributed by atoms with Crippen LogP contribution in [0.15, 0.2) is 36.7 Å². The molecule has 12 nitrogen and oxygen atoms in total. The summed E-state index contributed by atoms with van der Waals surface area (Å²) in [6, 6.07) is 7.40. The second-order valence-electron chi connectivity index (χ2n) is 8.60. The van der Waals surface area contributed by atoms with Crippen LogP contribution >= 0.6 is 7.75 Å². The molecule has 208 valence electrons. The van der Waals surface area contributed by atoms with Crippen molar-refractivity contribution in [3.8, 4) is 5.75 Å². The molecule has 1 aromatic carbocycles. The minimum Gasteiger partial charge on any atom is -0.462 e. The van der Waals surface area contributed by atoms with Gasteiger partial charge >= 0.3 is 19.8 Å². The quantitative estimate of drug-likeness (QED) is 0.169. The number of hydrogen-bond donors (Lipinski definition) is 2. The van der Waals surface area contributed by atoms with Crippen molar-refractivity contribution in [2.24, 2.45) is 0 Å². The number of methoxy groups -OCH3 is 1. The van der Waals surface area contributed by atoms with Gasteiger partial charge in [0, 0.05) is 26.6 Å². The van der Waals surface area contributed by atoms with Crippen LogP contribution in [0.5, 0.6) is 5.75 Å². The van der Waals surface area contributed by atoms with E-state index in [0.29, 0.717) is 5.52 Å². The summed E-state index contributed by atoms with van der Waals surface area (Å²) in [5, 5.41) is 5.14. The Balaban J connectivity index is 1.77. The molecule has 15 heteroatoms. The Kier molecular flexibility index (Phi) is 9.71. The van der Waals surface area contributed by atoms with Crippen LogP contribution < -0.4 is 14.9 Å². The predicted octanol–water partition coefficient (Wildman–Crippen LogP) is 4.02. The summed E-state index contributed by atoms with van der Waals surface area (Å²) in [5.74, 6) is -2.82. The number of fused-ring (bicyclic) bond motifs is 1. The van der Waals surface area contributed by atoms with Gasteiger partial charge in [-0.15, -0.1) is 0 Å². The van der Waals surface area contributed by atoms with Gasteiger partial charge in [-0.2, -0.15) is 14.4 Å². The third-order valence-electron chi connectivity index (χ3n) is 5.27. The highest BCUT2D eigenvalue weighted by atomic mass is 31.2. The number of carbonyl (C=O) groups excluding carboxylic acids is 1. The van der Waals surface area contributed by atoms with Gasteiger partial charge in [-0.1, -0.05) is 18.2 Å². The van der Waals surface area contributed by atoms with Crippen LogP contribution in [0.3, 0.4) is 0 Å². The first-order chi connectivity index (χ1) is 18.0. The maximum atomic E-state index is 15.8. The number of esters is 1. The van der Waals surface area contributed by atoms with Gasteiger partial charge in [0.25, 0.3) is 0 Å². The van der Waals surface area contributed by atoms with E-state index in [1.807, 2.05) is 0 Å². The Morgan fingerprint density at radius 1 is 1.21 bits per heavy atom. The third-order valence-corrected chi connectivity index (χ3v) is 6.74. The normalized spacial score (nSPS) is 15.6. The third kappa shape index (κ3) is 7.67. The van der Waals surface area contributed by atoms with Gasteiger partial charge in [0.2, 0.25) is 5.85 Å². The predicted molar refractivity (Wildman–Crippen MR) is 135 cm³/mol. The average Bonchev–Trinajstić information content (AvgIpc) is 3.30. The topological polar surface area (TPSA) is 139 Å². The molecule has 2 aromatic heterocycles. The molecule has 0 aliphatic rings. The summed E-state index contributed by atoms with van der Waals surface area (Å²) in [7, 11) is -1.59. The number of alkyl halides is 1. The lowest BCUT2D eigenvalue weighted by Crippen LogP contribution is -2.36. The molecular formula is C23H31F2N6O6P. The molecule has 0 unspecified atom stereocenters. The van der Waals surface area contributed by atoms with Gasteiger partial charge in [0.1, 0.15) is 18.9 Å². The molecule has 0 radical (unpaired) electrons. The van der Waals surface area contributed by atoms with Gasteiger partial charge in [-0.25, -0.2) is 19.0 Å². The minimum atomic E-state index is -4.28. The molecule has 0 aliphatic carbocycles. The summed E-state index contributed by atoms with van der Waals surface area (Å²) < 4.78 is 65.7. The van der Waals surface area contributed by atoms with Gasteiger partial charge in [-0.3, -0.25) is 9.32 Å². The molecule has 0 saturated heterocycles. The van der Waals surface area contributed by atoms with E-state index in [9.17, 15) is 13.8 Å². The van der Waals surface area contributed by atoms with Crippen LogP contribution in [0, 0.1) is 6.08 Å². The van der Waals surface area contributed by atoms with Crippen LogP contribution in [0.1, 0.15) is 33.2 Å². The lowest BCUT2D eigenvalue weighted by molar-refractivity contribution is -0.156. The Morgan fingerprint density at radius 3 is 2.55 bits per heavy atom. The van der Waals surface area contributed by atoms with E-state index in [4.69, 9.17) is 18.5 Å². The van der Waals surface area contributed by atoms with Crippen molar-refractivity contribution in [2.75, 3.05) is 32.6 Å². The Bertz CT molecular complexity index is 1280. The van der Waals surface area contributed by atoms with E-state index < -0.39 is 50.9 Å². The van der Waals surface area contributed by atoms with E-state index in [1.54, 1.807) is 46.0 Å². The standard InChI is InChI=1S/C23H31F2N6O6P/c1-15(2)36-18(32)12-28-38(33,37-17-9-7-6-8-10-17)35-13-23(25,34-5)11-16(3)31-14-27-19-20(26-4)29-22(24)30-21(19)31/h6-10,14-16H,11-13H2,1-5H3,(H,28,33)(H,26,29,30)/t16-,23-,38-/m0/s1. The van der Waals surface area contributed by atoms with E-state index in [2.05, 4.69) is 25.4 Å². The number of imidazole rings is 1. The molecule has 0 amide bonds. The van der Waals surface area contributed by atoms with Gasteiger partial charge in [0.15, 0.2) is 17.0 Å². The van der Waals surface area contributed by atoms with E-state index >= 15 is 4.39 Å². The van der Waals surface area contributed by atoms with Crippen LogP contribution in [0.2, 0.25) is 0 Å². The monoisotopic (exact) mass is 556 g/mol. The molecule has 0 bridgehead atoms. The SMILES string of the molecule is CNc1nc(F)nc2c1ncn2[C@@H](C)C[C@@](F)(CO[P@@](=O)(NCC(=O)OC(C)C)Oc1ccccc1)OC. The zero-order valence-electron chi connectivity index (χ0n) is 21.7. The first-order valence-corrected chi connectivity index (χ1v) is 13.3. The highest BCUT2D eigenvalue weighted by molar-refractivity contribution is 7.52. The first kappa shape index (κ1) is 29.4. The summed E-state index contributed by atoms with van der Waals surface area (Å²) >= 11 is 0. The number of ether oxygens (including phenoxy) is 2. The fraction of sp³-hybridized carbons (Fsp3) is 0.478. The van der Waals surface area contributed by atoms with Crippen LogP contribution in [-0.2, 0) is 23.4 Å². The van der Waals surface area contributed by atoms with E-state index in [0.717, 1.165) is 7.11 Å². The molecule has 3 rings (SSSR count). The molecule has 38 heavy (non-hydrogen) atoms. The van der Waals surface area contributed by atoms with Gasteiger partial charge < -0.3 is 23.9 Å². The molecule has 3 aromatic rings. The number of carbonyl (C=O) groups is 1. The van der Waals surface area contributed by atoms with Crippen molar-refractivity contribution in [3.63, 3.8) is 0 Å². The van der Waals surface area contributed by atoms with Crippen molar-refractivity contribution in [2.45, 2.75) is 45.2 Å². The molecule has 3 atom stereocenters. The summed E-state index contributed by atoms with van der Waals surface area (Å²) in [4.78, 5) is 23.6. The number of nitrogens with one attached hydrogen (secondary N) is 2. The average molecular weight is 557 g/mol. The molecule has 2 N–H and O–H groups in total. The molecular weight excluding hydrogens is 525 g/mol. The lowest BCUT2D eigenvalue weighted by Gasteiger charge is -2.29. The summed E-state index contributed by atoms with van der Waals surface area (Å²) in [6.45, 7) is 3.63. The smallest absolute Gasteiger partial charge is 0.459 e. The number of benzene rings is 1. The lowest BCUT2D eigenvalue weighted by atomic mass is 10.1. The molecule has 0 fully saturated rings. The molecule has 0 saturated carbocycles. The highest BCUT2D eigenvalue weighted by Crippen LogP contribution is 2.45. The van der Waals surface area contributed by atoms with Crippen molar-refractivity contribution in [1.29, 1.82) is 0 Å². The highest BCUT2D eigenvalue weighted by Gasteiger charge is 2.38. The Hall–Kier alpha value is -3.19. The second kappa shape index (κ2) is 12.6.